The normalized spacial score (nSPS) is 10.9. The van der Waals surface area contributed by atoms with E-state index in [0.717, 1.165) is 22.3 Å². The molecule has 0 aliphatic heterocycles. The second kappa shape index (κ2) is 7.66. The Morgan fingerprint density at radius 1 is 1.28 bits per heavy atom. The molecule has 0 spiro atoms. The molecule has 6 heteroatoms. The van der Waals surface area contributed by atoms with Crippen LogP contribution in [-0.4, -0.2) is 36.5 Å². The molecule has 5 nitrogen and oxygen atoms in total. The van der Waals surface area contributed by atoms with Gasteiger partial charge in [0, 0.05) is 26.0 Å². The molecule has 1 heterocycles. The van der Waals surface area contributed by atoms with Gasteiger partial charge < -0.3 is 9.47 Å². The van der Waals surface area contributed by atoms with E-state index in [0.29, 0.717) is 26.4 Å². The minimum Gasteiger partial charge on any atom is -0.385 e. The lowest BCUT2D eigenvalue weighted by Gasteiger charge is -2.12. The quantitative estimate of drug-likeness (QED) is 0.718. The van der Waals surface area contributed by atoms with E-state index in [-0.39, 0.29) is 5.69 Å². The van der Waals surface area contributed by atoms with Crippen LogP contribution >= 0.6 is 15.9 Å². The number of hydrogen-bond donors (Lipinski definition) is 0. The van der Waals surface area contributed by atoms with Crippen LogP contribution in [0.1, 0.15) is 17.8 Å². The van der Waals surface area contributed by atoms with Gasteiger partial charge >= 0.3 is 5.69 Å². The Hall–Kier alpha value is -0.720. The topological polar surface area (TPSA) is 53.4 Å². The Balaban J connectivity index is 2.53. The third-order valence-corrected chi connectivity index (χ3v) is 3.78. The molecule has 18 heavy (non-hydrogen) atoms. The number of methoxy groups -OCH3 is 1. The summed E-state index contributed by atoms with van der Waals surface area (Å²) in [5, 5.41) is 0. The number of nitrogens with zero attached hydrogens (tertiary/aromatic N) is 2. The van der Waals surface area contributed by atoms with Crippen LogP contribution in [0.2, 0.25) is 0 Å². The van der Waals surface area contributed by atoms with E-state index in [1.165, 1.54) is 0 Å². The Kier molecular flexibility index (Phi) is 6.52. The molecule has 0 amide bonds. The van der Waals surface area contributed by atoms with Crippen molar-refractivity contribution in [1.29, 1.82) is 0 Å². The summed E-state index contributed by atoms with van der Waals surface area (Å²) >= 11 is 3.43. The predicted octanol–water partition coefficient (Wildman–Crippen LogP) is 1.68. The molecule has 0 N–H and O–H groups in total. The van der Waals surface area contributed by atoms with Crippen LogP contribution in [0.15, 0.2) is 9.27 Å². The van der Waals surface area contributed by atoms with Crippen molar-refractivity contribution in [3.63, 3.8) is 0 Å². The molecule has 0 aliphatic rings. The van der Waals surface area contributed by atoms with Crippen LogP contribution in [0.5, 0.6) is 0 Å². The van der Waals surface area contributed by atoms with Gasteiger partial charge in [0.05, 0.1) is 23.3 Å². The van der Waals surface area contributed by atoms with Gasteiger partial charge in [-0.3, -0.25) is 4.57 Å². The van der Waals surface area contributed by atoms with E-state index in [1.807, 2.05) is 13.8 Å². The SMILES string of the molecule is COCCCOCCn1c(C)c(Br)c(C)nc1=O. The van der Waals surface area contributed by atoms with Gasteiger partial charge in [-0.1, -0.05) is 0 Å². The monoisotopic (exact) mass is 318 g/mol. The summed E-state index contributed by atoms with van der Waals surface area (Å²) in [7, 11) is 1.67. The van der Waals surface area contributed by atoms with E-state index in [1.54, 1.807) is 11.7 Å². The highest BCUT2D eigenvalue weighted by molar-refractivity contribution is 9.10. The molecule has 0 saturated heterocycles. The van der Waals surface area contributed by atoms with E-state index in [2.05, 4.69) is 20.9 Å². The van der Waals surface area contributed by atoms with Gasteiger partial charge in [-0.25, -0.2) is 4.79 Å². The maximum atomic E-state index is 11.7. The molecule has 0 saturated carbocycles. The Labute approximate surface area is 115 Å². The van der Waals surface area contributed by atoms with Gasteiger partial charge in [-0.05, 0) is 36.2 Å². The zero-order chi connectivity index (χ0) is 13.5. The summed E-state index contributed by atoms with van der Waals surface area (Å²) in [5.74, 6) is 0. The highest BCUT2D eigenvalue weighted by Gasteiger charge is 2.08. The number of rotatable bonds is 7. The van der Waals surface area contributed by atoms with Crippen LogP contribution < -0.4 is 5.69 Å². The fourth-order valence-corrected chi connectivity index (χ4v) is 1.91. The van der Waals surface area contributed by atoms with E-state index >= 15 is 0 Å². The van der Waals surface area contributed by atoms with E-state index < -0.39 is 0 Å². The summed E-state index contributed by atoms with van der Waals surface area (Å²) < 4.78 is 12.9. The highest BCUT2D eigenvalue weighted by Crippen LogP contribution is 2.16. The lowest BCUT2D eigenvalue weighted by atomic mass is 10.3. The fourth-order valence-electron chi connectivity index (χ4n) is 1.60. The molecule has 1 aromatic rings. The summed E-state index contributed by atoms with van der Waals surface area (Å²) in [5.41, 5.74) is 1.37. The smallest absolute Gasteiger partial charge is 0.348 e. The first kappa shape index (κ1) is 15.3. The minimum absolute atomic E-state index is 0.228. The van der Waals surface area contributed by atoms with Gasteiger partial charge in [-0.2, -0.15) is 4.98 Å². The van der Waals surface area contributed by atoms with Crippen LogP contribution in [-0.2, 0) is 16.0 Å². The molecule has 1 aromatic heterocycles. The standard InChI is InChI=1S/C12H19BrN2O3/c1-9-11(13)10(2)15(12(16)14-9)5-8-18-7-4-6-17-3/h4-8H2,1-3H3. The first-order valence-electron chi connectivity index (χ1n) is 5.88. The zero-order valence-electron chi connectivity index (χ0n) is 11.0. The third-order valence-electron chi connectivity index (χ3n) is 2.63. The average Bonchev–Trinajstić information content (AvgIpc) is 2.34. The molecule has 0 radical (unpaired) electrons. The second-order valence-electron chi connectivity index (χ2n) is 3.99. The highest BCUT2D eigenvalue weighted by atomic mass is 79.9. The van der Waals surface area contributed by atoms with Crippen molar-refractivity contribution in [2.24, 2.45) is 0 Å². The van der Waals surface area contributed by atoms with E-state index in [4.69, 9.17) is 9.47 Å². The largest absolute Gasteiger partial charge is 0.385 e. The fraction of sp³-hybridized carbons (Fsp3) is 0.667. The first-order chi connectivity index (χ1) is 8.57. The molecule has 0 unspecified atom stereocenters. The summed E-state index contributed by atoms with van der Waals surface area (Å²) in [6.07, 6.45) is 0.861. The Morgan fingerprint density at radius 2 is 2.00 bits per heavy atom. The lowest BCUT2D eigenvalue weighted by Crippen LogP contribution is -2.28. The van der Waals surface area contributed by atoms with Gasteiger partial charge in [0.25, 0.3) is 0 Å². The zero-order valence-corrected chi connectivity index (χ0v) is 12.6. The summed E-state index contributed by atoms with van der Waals surface area (Å²) in [6.45, 7) is 6.05. The maximum Gasteiger partial charge on any atom is 0.348 e. The van der Waals surface area contributed by atoms with Crippen LogP contribution in [0.25, 0.3) is 0 Å². The van der Waals surface area contributed by atoms with Crippen molar-refractivity contribution < 1.29 is 9.47 Å². The third kappa shape index (κ3) is 4.19. The molecule has 0 bridgehead atoms. The average molecular weight is 319 g/mol. The van der Waals surface area contributed by atoms with Crippen molar-refractivity contribution in [3.05, 3.63) is 26.3 Å². The molecule has 0 aliphatic carbocycles. The molecule has 0 fully saturated rings. The number of aryl methyl sites for hydroxylation is 1. The van der Waals surface area contributed by atoms with Gasteiger partial charge in [-0.15, -0.1) is 0 Å². The van der Waals surface area contributed by atoms with Crippen LogP contribution in [0.3, 0.4) is 0 Å². The Morgan fingerprint density at radius 3 is 2.67 bits per heavy atom. The van der Waals surface area contributed by atoms with Gasteiger partial charge in [0.15, 0.2) is 0 Å². The van der Waals surface area contributed by atoms with Crippen molar-refractivity contribution in [1.82, 2.24) is 9.55 Å². The molecular weight excluding hydrogens is 300 g/mol. The van der Waals surface area contributed by atoms with Crippen molar-refractivity contribution in [2.45, 2.75) is 26.8 Å². The minimum atomic E-state index is -0.228. The van der Waals surface area contributed by atoms with Crippen molar-refractivity contribution in [3.8, 4) is 0 Å². The second-order valence-corrected chi connectivity index (χ2v) is 4.78. The number of aromatic nitrogens is 2. The molecule has 0 aromatic carbocycles. The predicted molar refractivity (Wildman–Crippen MR) is 73.0 cm³/mol. The number of halogens is 1. The number of ether oxygens (including phenoxy) is 2. The first-order valence-corrected chi connectivity index (χ1v) is 6.67. The summed E-state index contributed by atoms with van der Waals surface area (Å²) in [6, 6.07) is 0. The van der Waals surface area contributed by atoms with Crippen molar-refractivity contribution >= 4 is 15.9 Å². The molecule has 0 atom stereocenters. The lowest BCUT2D eigenvalue weighted by molar-refractivity contribution is 0.0967. The molecule has 1 rings (SSSR count). The summed E-state index contributed by atoms with van der Waals surface area (Å²) in [4.78, 5) is 15.7. The van der Waals surface area contributed by atoms with Crippen molar-refractivity contribution in [2.75, 3.05) is 26.9 Å². The Bertz CT molecular complexity index is 446. The maximum absolute atomic E-state index is 11.7. The van der Waals surface area contributed by atoms with Gasteiger partial charge in [0.2, 0.25) is 0 Å². The molecule has 102 valence electrons. The van der Waals surface area contributed by atoms with Crippen LogP contribution in [0.4, 0.5) is 0 Å². The van der Waals surface area contributed by atoms with Crippen LogP contribution in [0, 0.1) is 13.8 Å². The molecular formula is C12H19BrN2O3. The van der Waals surface area contributed by atoms with Gasteiger partial charge in [0.1, 0.15) is 0 Å². The van der Waals surface area contributed by atoms with E-state index in [9.17, 15) is 4.79 Å². The number of hydrogen-bond acceptors (Lipinski definition) is 4.